The summed E-state index contributed by atoms with van der Waals surface area (Å²) in [4.78, 5) is 39.1. The Bertz CT molecular complexity index is 1460. The monoisotopic (exact) mass is 588 g/mol. The lowest BCUT2D eigenvalue weighted by Crippen LogP contribution is -2.49. The van der Waals surface area contributed by atoms with E-state index in [9.17, 15) is 9.59 Å². The number of anilines is 1. The second-order valence-electron chi connectivity index (χ2n) is 11.4. The Morgan fingerprint density at radius 2 is 1.91 bits per heavy atom. The molecule has 0 aliphatic carbocycles. The zero-order valence-corrected chi connectivity index (χ0v) is 25.9. The number of hydrogen-bond donors (Lipinski definition) is 0. The third kappa shape index (κ3) is 6.89. The first-order valence-corrected chi connectivity index (χ1v) is 15.3. The number of carbonyl (C=O) groups excluding carboxylic acids is 2. The van der Waals surface area contributed by atoms with Crippen molar-refractivity contribution in [2.24, 2.45) is 4.99 Å². The number of amidine groups is 1. The molecule has 2 aliphatic heterocycles. The molecule has 0 atom stereocenters. The highest BCUT2D eigenvalue weighted by atomic mass is 16.5. The van der Waals surface area contributed by atoms with Crippen LogP contribution in [0.25, 0.3) is 10.9 Å². The van der Waals surface area contributed by atoms with E-state index in [1.165, 1.54) is 0 Å². The summed E-state index contributed by atoms with van der Waals surface area (Å²) >= 11 is 0. The summed E-state index contributed by atoms with van der Waals surface area (Å²) < 4.78 is 13.6. The molecule has 230 valence electrons. The van der Waals surface area contributed by atoms with Crippen molar-refractivity contribution < 1.29 is 19.1 Å². The maximum atomic E-state index is 13.7. The molecule has 2 aliphatic rings. The van der Waals surface area contributed by atoms with Crippen LogP contribution in [-0.4, -0.2) is 97.6 Å². The van der Waals surface area contributed by atoms with Gasteiger partial charge in [0.05, 0.1) is 26.8 Å². The Morgan fingerprint density at radius 3 is 2.70 bits per heavy atom. The minimum Gasteiger partial charge on any atom is -0.493 e. The van der Waals surface area contributed by atoms with E-state index in [0.29, 0.717) is 57.4 Å². The number of aromatic nitrogens is 1. The molecule has 0 unspecified atom stereocenters. The van der Waals surface area contributed by atoms with Crippen molar-refractivity contribution in [1.82, 2.24) is 19.3 Å². The number of rotatable bonds is 11. The standard InChI is InChI=1S/C33H44N6O4/c1-5-6-7-20-43-30-21-26(12-13-29(30)42-4)39-17-9-16-38(33(39)41)22-25-10-8-11-28-27(25)14-18-36(28)24-32(40)37-19-15-34-31(23-37)35(2)3/h8,10-14,18,21H,5-7,9,15-17,19-20,22-24H2,1-4H3. The van der Waals surface area contributed by atoms with Gasteiger partial charge in [-0.1, -0.05) is 31.9 Å². The zero-order chi connectivity index (χ0) is 30.3. The van der Waals surface area contributed by atoms with Crippen LogP contribution in [0, 0.1) is 0 Å². The van der Waals surface area contributed by atoms with Gasteiger partial charge in [0.1, 0.15) is 12.4 Å². The minimum absolute atomic E-state index is 0.0246. The molecule has 10 nitrogen and oxygen atoms in total. The topological polar surface area (TPSA) is 82.9 Å². The molecule has 3 aromatic rings. The second kappa shape index (κ2) is 13.8. The van der Waals surface area contributed by atoms with Gasteiger partial charge < -0.3 is 28.7 Å². The van der Waals surface area contributed by atoms with Crippen molar-refractivity contribution in [3.05, 3.63) is 54.2 Å². The van der Waals surface area contributed by atoms with E-state index in [2.05, 4.69) is 24.0 Å². The van der Waals surface area contributed by atoms with E-state index >= 15 is 0 Å². The van der Waals surface area contributed by atoms with Crippen LogP contribution in [0.15, 0.2) is 53.7 Å². The van der Waals surface area contributed by atoms with Gasteiger partial charge in [-0.15, -0.1) is 0 Å². The summed E-state index contributed by atoms with van der Waals surface area (Å²) in [6, 6.07) is 13.9. The van der Waals surface area contributed by atoms with Gasteiger partial charge in [0, 0.05) is 69.1 Å². The van der Waals surface area contributed by atoms with Crippen molar-refractivity contribution in [2.75, 3.05) is 65.4 Å². The number of urea groups is 1. The van der Waals surface area contributed by atoms with E-state index in [0.717, 1.165) is 53.7 Å². The molecule has 0 bridgehead atoms. The molecule has 0 N–H and O–H groups in total. The molecule has 43 heavy (non-hydrogen) atoms. The average molecular weight is 589 g/mol. The zero-order valence-electron chi connectivity index (χ0n) is 25.9. The maximum absolute atomic E-state index is 13.7. The summed E-state index contributed by atoms with van der Waals surface area (Å²) in [6.07, 6.45) is 6.05. The molecule has 10 heteroatoms. The number of hydrogen-bond acceptors (Lipinski definition) is 6. The number of nitrogens with zero attached hydrogens (tertiary/aromatic N) is 6. The van der Waals surface area contributed by atoms with Gasteiger partial charge >= 0.3 is 6.03 Å². The van der Waals surface area contributed by atoms with Crippen molar-refractivity contribution in [1.29, 1.82) is 0 Å². The van der Waals surface area contributed by atoms with Crippen LogP contribution in [0.3, 0.4) is 0 Å². The summed E-state index contributed by atoms with van der Waals surface area (Å²) in [5.41, 5.74) is 2.86. The molecule has 0 saturated carbocycles. The molecule has 0 radical (unpaired) electrons. The smallest absolute Gasteiger partial charge is 0.324 e. The highest BCUT2D eigenvalue weighted by Gasteiger charge is 2.28. The van der Waals surface area contributed by atoms with Crippen LogP contribution < -0.4 is 14.4 Å². The lowest BCUT2D eigenvalue weighted by molar-refractivity contribution is -0.131. The average Bonchev–Trinajstić information content (AvgIpc) is 3.43. The summed E-state index contributed by atoms with van der Waals surface area (Å²) in [5, 5.41) is 1.06. The molecule has 0 spiro atoms. The normalized spacial score (nSPS) is 15.6. The number of aliphatic imine (C=N–C) groups is 1. The van der Waals surface area contributed by atoms with Gasteiger partial charge in [-0.25, -0.2) is 4.79 Å². The lowest BCUT2D eigenvalue weighted by Gasteiger charge is -2.36. The van der Waals surface area contributed by atoms with E-state index in [1.54, 1.807) is 7.11 Å². The molecule has 5 rings (SSSR count). The molecule has 1 saturated heterocycles. The van der Waals surface area contributed by atoms with Gasteiger partial charge in [-0.05, 0) is 42.7 Å². The Balaban J connectivity index is 1.28. The summed E-state index contributed by atoms with van der Waals surface area (Å²) in [6.45, 7) is 6.67. The van der Waals surface area contributed by atoms with Gasteiger partial charge in [0.2, 0.25) is 5.91 Å². The van der Waals surface area contributed by atoms with Crippen LogP contribution in [0.4, 0.5) is 10.5 Å². The second-order valence-corrected chi connectivity index (χ2v) is 11.4. The highest BCUT2D eigenvalue weighted by molar-refractivity contribution is 5.94. The minimum atomic E-state index is -0.0246. The van der Waals surface area contributed by atoms with Crippen molar-refractivity contribution in [3.8, 4) is 11.5 Å². The van der Waals surface area contributed by atoms with Crippen molar-refractivity contribution in [2.45, 2.75) is 45.7 Å². The molecule has 3 heterocycles. The number of unbranched alkanes of at least 4 members (excludes halogenated alkanes) is 2. The molecular formula is C33H44N6O4. The number of methoxy groups -OCH3 is 1. The van der Waals surface area contributed by atoms with Gasteiger partial charge in [0.15, 0.2) is 11.5 Å². The Labute approximate surface area is 254 Å². The highest BCUT2D eigenvalue weighted by Crippen LogP contribution is 2.34. The fourth-order valence-corrected chi connectivity index (χ4v) is 5.76. The first-order chi connectivity index (χ1) is 20.9. The van der Waals surface area contributed by atoms with Gasteiger partial charge in [-0.3, -0.25) is 14.7 Å². The first kappa shape index (κ1) is 30.3. The third-order valence-corrected chi connectivity index (χ3v) is 8.21. The fourth-order valence-electron chi connectivity index (χ4n) is 5.76. The Kier molecular flexibility index (Phi) is 9.74. The quantitative estimate of drug-likeness (QED) is 0.299. The number of ether oxygens (including phenoxy) is 2. The number of likely N-dealkylation sites (N-methyl/N-ethyl adjacent to an activating group) is 1. The predicted molar refractivity (Wildman–Crippen MR) is 170 cm³/mol. The van der Waals surface area contributed by atoms with Crippen LogP contribution in [0.5, 0.6) is 11.5 Å². The Hall–Kier alpha value is -4.21. The van der Waals surface area contributed by atoms with Crippen LogP contribution in [0.1, 0.15) is 38.2 Å². The van der Waals surface area contributed by atoms with Gasteiger partial charge in [0.25, 0.3) is 0 Å². The summed E-state index contributed by atoms with van der Waals surface area (Å²) in [7, 11) is 5.55. The summed E-state index contributed by atoms with van der Waals surface area (Å²) in [5.74, 6) is 2.33. The van der Waals surface area contributed by atoms with E-state index in [1.807, 2.05) is 74.8 Å². The van der Waals surface area contributed by atoms with E-state index in [4.69, 9.17) is 9.47 Å². The van der Waals surface area contributed by atoms with Crippen LogP contribution in [-0.2, 0) is 17.9 Å². The van der Waals surface area contributed by atoms with Crippen LogP contribution in [0.2, 0.25) is 0 Å². The number of amides is 3. The largest absolute Gasteiger partial charge is 0.493 e. The Morgan fingerprint density at radius 1 is 1.05 bits per heavy atom. The van der Waals surface area contributed by atoms with E-state index in [-0.39, 0.29) is 18.5 Å². The van der Waals surface area contributed by atoms with E-state index < -0.39 is 0 Å². The maximum Gasteiger partial charge on any atom is 0.324 e. The predicted octanol–water partition coefficient (Wildman–Crippen LogP) is 4.85. The molecule has 1 fully saturated rings. The number of carbonyl (C=O) groups is 2. The molecule has 3 amide bonds. The molecule has 1 aromatic heterocycles. The molecule has 2 aromatic carbocycles. The van der Waals surface area contributed by atoms with Crippen molar-refractivity contribution in [3.63, 3.8) is 0 Å². The molecular weight excluding hydrogens is 544 g/mol. The SMILES string of the molecule is CCCCCOc1cc(N2CCCN(Cc3cccc4c3ccn4CC(=O)N3CCN=C(N(C)C)C3)C2=O)ccc1OC. The van der Waals surface area contributed by atoms with Crippen molar-refractivity contribution >= 4 is 34.4 Å². The van der Waals surface area contributed by atoms with Crippen LogP contribution >= 0.6 is 0 Å². The number of benzene rings is 2. The number of fused-ring (bicyclic) bond motifs is 1. The lowest BCUT2D eigenvalue weighted by atomic mass is 10.1. The first-order valence-electron chi connectivity index (χ1n) is 15.3. The third-order valence-electron chi connectivity index (χ3n) is 8.21. The van der Waals surface area contributed by atoms with Gasteiger partial charge in [-0.2, -0.15) is 0 Å². The fraction of sp³-hybridized carbons (Fsp3) is 0.485.